The van der Waals surface area contributed by atoms with Crippen LogP contribution >= 0.6 is 15.9 Å². The number of pyridine rings is 1. The van der Waals surface area contributed by atoms with Gasteiger partial charge >= 0.3 is 0 Å². The van der Waals surface area contributed by atoms with Gasteiger partial charge in [-0.1, -0.05) is 6.42 Å². The van der Waals surface area contributed by atoms with Crippen molar-refractivity contribution in [1.82, 2.24) is 9.88 Å². The lowest BCUT2D eigenvalue weighted by Crippen LogP contribution is -2.59. The van der Waals surface area contributed by atoms with Crippen molar-refractivity contribution in [1.29, 1.82) is 0 Å². The van der Waals surface area contributed by atoms with Crippen molar-refractivity contribution in [2.75, 3.05) is 25.0 Å². The summed E-state index contributed by atoms with van der Waals surface area (Å²) in [5, 5.41) is 0. The molecule has 3 rings (SSSR count). The predicted molar refractivity (Wildman–Crippen MR) is 73.3 cm³/mol. The Balaban J connectivity index is 1.82. The molecule has 2 bridgehead atoms. The molecule has 92 valence electrons. The molecule has 2 aliphatic rings. The molecule has 3 heterocycles. The van der Waals surface area contributed by atoms with Gasteiger partial charge in [0.2, 0.25) is 0 Å². The van der Waals surface area contributed by atoms with Crippen LogP contribution in [0.3, 0.4) is 0 Å². The number of hydrogen-bond donors (Lipinski definition) is 0. The van der Waals surface area contributed by atoms with E-state index in [1.165, 1.54) is 24.9 Å². The van der Waals surface area contributed by atoms with Crippen molar-refractivity contribution < 1.29 is 0 Å². The van der Waals surface area contributed by atoms with E-state index in [1.807, 2.05) is 12.4 Å². The lowest BCUT2D eigenvalue weighted by atomic mass is 9.92. The summed E-state index contributed by atoms with van der Waals surface area (Å²) >= 11 is 3.50. The van der Waals surface area contributed by atoms with Crippen molar-refractivity contribution in [2.24, 2.45) is 0 Å². The topological polar surface area (TPSA) is 19.4 Å². The quantitative estimate of drug-likeness (QED) is 0.794. The lowest BCUT2D eigenvalue weighted by Gasteiger charge is -2.49. The highest BCUT2D eigenvalue weighted by atomic mass is 79.9. The molecule has 1 aromatic heterocycles. The summed E-state index contributed by atoms with van der Waals surface area (Å²) in [7, 11) is 2.28. The van der Waals surface area contributed by atoms with Crippen molar-refractivity contribution in [3.05, 3.63) is 22.9 Å². The van der Waals surface area contributed by atoms with Crippen molar-refractivity contribution in [3.8, 4) is 0 Å². The average molecular weight is 296 g/mol. The predicted octanol–water partition coefficient (Wildman–Crippen LogP) is 2.52. The number of nitrogens with zero attached hydrogens (tertiary/aromatic N) is 3. The third kappa shape index (κ3) is 2.20. The minimum Gasteiger partial charge on any atom is -0.367 e. The molecule has 2 fully saturated rings. The van der Waals surface area contributed by atoms with Crippen LogP contribution in [0.5, 0.6) is 0 Å². The van der Waals surface area contributed by atoms with Gasteiger partial charge in [-0.25, -0.2) is 0 Å². The Labute approximate surface area is 111 Å². The van der Waals surface area contributed by atoms with E-state index in [0.717, 1.165) is 29.6 Å². The van der Waals surface area contributed by atoms with Gasteiger partial charge in [-0.05, 0) is 41.9 Å². The van der Waals surface area contributed by atoms with Gasteiger partial charge in [0.15, 0.2) is 0 Å². The van der Waals surface area contributed by atoms with Crippen molar-refractivity contribution >= 4 is 21.6 Å². The molecule has 2 atom stereocenters. The smallest absolute Gasteiger partial charge is 0.0565 e. The third-order valence-corrected chi connectivity index (χ3v) is 4.58. The van der Waals surface area contributed by atoms with E-state index in [4.69, 9.17) is 0 Å². The van der Waals surface area contributed by atoms with E-state index < -0.39 is 0 Å². The molecular weight excluding hydrogens is 278 g/mol. The average Bonchev–Trinajstić information content (AvgIpc) is 2.28. The largest absolute Gasteiger partial charge is 0.367 e. The summed E-state index contributed by atoms with van der Waals surface area (Å²) in [5.41, 5.74) is 1.25. The highest BCUT2D eigenvalue weighted by Gasteiger charge is 2.34. The van der Waals surface area contributed by atoms with E-state index in [2.05, 4.69) is 43.8 Å². The maximum atomic E-state index is 4.27. The van der Waals surface area contributed by atoms with E-state index in [1.54, 1.807) is 0 Å². The first-order valence-electron chi connectivity index (χ1n) is 6.31. The Morgan fingerprint density at radius 3 is 2.59 bits per heavy atom. The molecule has 0 saturated carbocycles. The van der Waals surface area contributed by atoms with Crippen LogP contribution in [-0.4, -0.2) is 42.1 Å². The monoisotopic (exact) mass is 295 g/mol. The standard InChI is InChI=1S/C13H18BrN3/c1-16-11-3-2-4-12(16)9-17(8-11)13-5-10(14)6-15-7-13/h5-7,11-12H,2-4,8-9H2,1H3. The highest BCUT2D eigenvalue weighted by Crippen LogP contribution is 2.30. The molecule has 4 heteroatoms. The first kappa shape index (κ1) is 11.5. The molecule has 17 heavy (non-hydrogen) atoms. The molecule has 0 aromatic carbocycles. The molecule has 2 saturated heterocycles. The highest BCUT2D eigenvalue weighted by molar-refractivity contribution is 9.10. The number of rotatable bonds is 1. The summed E-state index contributed by atoms with van der Waals surface area (Å²) in [5.74, 6) is 0. The molecule has 0 radical (unpaired) electrons. The zero-order chi connectivity index (χ0) is 11.8. The molecule has 0 spiro atoms. The fourth-order valence-electron chi connectivity index (χ4n) is 3.10. The fraction of sp³-hybridized carbons (Fsp3) is 0.615. The first-order chi connectivity index (χ1) is 8.24. The SMILES string of the molecule is CN1C2CCCC1CN(c1cncc(Br)c1)C2. The Morgan fingerprint density at radius 2 is 1.94 bits per heavy atom. The van der Waals surface area contributed by atoms with Crippen LogP contribution in [0.2, 0.25) is 0 Å². The second-order valence-corrected chi connectivity index (χ2v) is 6.09. The maximum absolute atomic E-state index is 4.27. The van der Waals surface area contributed by atoms with E-state index in [-0.39, 0.29) is 0 Å². The summed E-state index contributed by atoms with van der Waals surface area (Å²) in [6.45, 7) is 2.29. The minimum atomic E-state index is 0.724. The second-order valence-electron chi connectivity index (χ2n) is 5.17. The van der Waals surface area contributed by atoms with Crippen molar-refractivity contribution in [3.63, 3.8) is 0 Å². The Bertz CT molecular complexity index is 395. The van der Waals surface area contributed by atoms with Crippen LogP contribution in [0.1, 0.15) is 19.3 Å². The van der Waals surface area contributed by atoms with Crippen LogP contribution in [0, 0.1) is 0 Å². The number of anilines is 1. The molecule has 0 N–H and O–H groups in total. The zero-order valence-electron chi connectivity index (χ0n) is 10.1. The van der Waals surface area contributed by atoms with Gasteiger partial charge < -0.3 is 4.90 Å². The third-order valence-electron chi connectivity index (χ3n) is 4.14. The van der Waals surface area contributed by atoms with Crippen LogP contribution in [0.4, 0.5) is 5.69 Å². The fourth-order valence-corrected chi connectivity index (χ4v) is 3.46. The van der Waals surface area contributed by atoms with Gasteiger partial charge in [0.25, 0.3) is 0 Å². The van der Waals surface area contributed by atoms with Crippen LogP contribution in [0.25, 0.3) is 0 Å². The molecule has 0 aliphatic carbocycles. The molecule has 3 nitrogen and oxygen atoms in total. The lowest BCUT2D eigenvalue weighted by molar-refractivity contribution is 0.0950. The molecule has 1 aromatic rings. The molecule has 2 unspecified atom stereocenters. The molecule has 0 amide bonds. The first-order valence-corrected chi connectivity index (χ1v) is 7.11. The number of aromatic nitrogens is 1. The van der Waals surface area contributed by atoms with Gasteiger partial charge in [0, 0.05) is 35.8 Å². The van der Waals surface area contributed by atoms with E-state index in [9.17, 15) is 0 Å². The van der Waals surface area contributed by atoms with Crippen LogP contribution in [-0.2, 0) is 0 Å². The van der Waals surface area contributed by atoms with Gasteiger partial charge in [-0.15, -0.1) is 0 Å². The number of piperidine rings is 1. The van der Waals surface area contributed by atoms with Gasteiger partial charge in [-0.3, -0.25) is 9.88 Å². The van der Waals surface area contributed by atoms with Crippen molar-refractivity contribution in [2.45, 2.75) is 31.3 Å². The van der Waals surface area contributed by atoms with Gasteiger partial charge in [-0.2, -0.15) is 0 Å². The Morgan fingerprint density at radius 1 is 1.24 bits per heavy atom. The normalized spacial score (nSPS) is 29.4. The maximum Gasteiger partial charge on any atom is 0.0565 e. The van der Waals surface area contributed by atoms with E-state index in [0.29, 0.717) is 0 Å². The number of fused-ring (bicyclic) bond motifs is 2. The summed E-state index contributed by atoms with van der Waals surface area (Å²) in [6.07, 6.45) is 7.90. The minimum absolute atomic E-state index is 0.724. The Kier molecular flexibility index (Phi) is 3.09. The van der Waals surface area contributed by atoms with E-state index >= 15 is 0 Å². The van der Waals surface area contributed by atoms with Crippen LogP contribution in [0.15, 0.2) is 22.9 Å². The van der Waals surface area contributed by atoms with Gasteiger partial charge in [0.05, 0.1) is 11.9 Å². The molecular formula is C13H18BrN3. The summed E-state index contributed by atoms with van der Waals surface area (Å²) in [6, 6.07) is 3.62. The number of piperazine rings is 1. The number of hydrogen-bond acceptors (Lipinski definition) is 3. The molecule has 2 aliphatic heterocycles. The zero-order valence-corrected chi connectivity index (χ0v) is 11.7. The van der Waals surface area contributed by atoms with Gasteiger partial charge in [0.1, 0.15) is 0 Å². The summed E-state index contributed by atoms with van der Waals surface area (Å²) < 4.78 is 1.07. The second kappa shape index (κ2) is 4.58. The number of halogens is 1. The Hall–Kier alpha value is -0.610. The van der Waals surface area contributed by atoms with Crippen LogP contribution < -0.4 is 4.90 Å². The number of likely N-dealkylation sites (N-methyl/N-ethyl adjacent to an activating group) is 1. The summed E-state index contributed by atoms with van der Waals surface area (Å²) in [4.78, 5) is 9.34.